The minimum Gasteiger partial charge on any atom is -0.480 e. The van der Waals surface area contributed by atoms with Gasteiger partial charge in [-0.3, -0.25) is 9.59 Å². The first-order valence-corrected chi connectivity index (χ1v) is 5.00. The molecule has 0 radical (unpaired) electrons. The molecule has 0 spiro atoms. The van der Waals surface area contributed by atoms with Gasteiger partial charge in [0.15, 0.2) is 0 Å². The van der Waals surface area contributed by atoms with E-state index < -0.39 is 12.0 Å². The first-order chi connectivity index (χ1) is 6.04. The van der Waals surface area contributed by atoms with Crippen molar-refractivity contribution in [3.8, 4) is 0 Å². The third-order valence-electron chi connectivity index (χ3n) is 1.31. The van der Waals surface area contributed by atoms with E-state index >= 15 is 0 Å². The van der Waals surface area contributed by atoms with Gasteiger partial charge in [0.1, 0.15) is 6.04 Å². The minimum atomic E-state index is -0.986. The molecule has 0 aromatic carbocycles. The molecule has 0 aliphatic heterocycles. The molecular formula is C7H14N2O3S. The molecule has 1 unspecified atom stereocenters. The molecule has 0 bridgehead atoms. The van der Waals surface area contributed by atoms with Crippen LogP contribution in [-0.4, -0.2) is 34.7 Å². The molecule has 1 amide bonds. The first kappa shape index (κ1) is 12.2. The highest BCUT2D eigenvalue weighted by Gasteiger charge is 2.09. The lowest BCUT2D eigenvalue weighted by Gasteiger charge is -2.05. The van der Waals surface area contributed by atoms with Crippen LogP contribution >= 0.6 is 11.8 Å². The van der Waals surface area contributed by atoms with Gasteiger partial charge in [0.25, 0.3) is 0 Å². The fourth-order valence-corrected chi connectivity index (χ4v) is 1.43. The third kappa shape index (κ3) is 7.61. The van der Waals surface area contributed by atoms with Crippen molar-refractivity contribution in [2.24, 2.45) is 5.73 Å². The van der Waals surface area contributed by atoms with Gasteiger partial charge < -0.3 is 16.2 Å². The summed E-state index contributed by atoms with van der Waals surface area (Å²) in [6, 6.07) is -0.801. The number of carbonyl (C=O) groups is 2. The number of carboxylic acids is 1. The van der Waals surface area contributed by atoms with E-state index in [1.54, 1.807) is 0 Å². The SMILES string of the molecule is CC(=O)NCSCCC(N)C(=O)O. The van der Waals surface area contributed by atoms with Gasteiger partial charge in [-0.05, 0) is 12.2 Å². The van der Waals surface area contributed by atoms with Crippen LogP contribution in [0, 0.1) is 0 Å². The Morgan fingerprint density at radius 1 is 1.62 bits per heavy atom. The van der Waals surface area contributed by atoms with Crippen LogP contribution < -0.4 is 11.1 Å². The monoisotopic (exact) mass is 206 g/mol. The lowest BCUT2D eigenvalue weighted by atomic mass is 10.2. The van der Waals surface area contributed by atoms with Crippen molar-refractivity contribution in [2.45, 2.75) is 19.4 Å². The minimum absolute atomic E-state index is 0.0879. The van der Waals surface area contributed by atoms with E-state index in [9.17, 15) is 9.59 Å². The zero-order valence-electron chi connectivity index (χ0n) is 7.45. The molecule has 0 aromatic heterocycles. The van der Waals surface area contributed by atoms with Gasteiger partial charge in [-0.1, -0.05) is 0 Å². The van der Waals surface area contributed by atoms with Crippen molar-refractivity contribution in [1.82, 2.24) is 5.32 Å². The van der Waals surface area contributed by atoms with Gasteiger partial charge in [0.05, 0.1) is 5.88 Å². The van der Waals surface area contributed by atoms with Crippen molar-refractivity contribution in [1.29, 1.82) is 0 Å². The highest BCUT2D eigenvalue weighted by Crippen LogP contribution is 2.01. The Morgan fingerprint density at radius 2 is 2.23 bits per heavy atom. The van der Waals surface area contributed by atoms with Crippen molar-refractivity contribution >= 4 is 23.6 Å². The average Bonchev–Trinajstić information content (AvgIpc) is 2.02. The molecule has 0 fully saturated rings. The summed E-state index contributed by atoms with van der Waals surface area (Å²) in [5.74, 6) is 0.0604. The molecule has 0 aliphatic carbocycles. The summed E-state index contributed by atoms with van der Waals surface area (Å²) in [5.41, 5.74) is 5.26. The third-order valence-corrected chi connectivity index (χ3v) is 2.19. The summed E-state index contributed by atoms with van der Waals surface area (Å²) in [6.45, 7) is 1.43. The summed E-state index contributed by atoms with van der Waals surface area (Å²) in [6.07, 6.45) is 0.416. The average molecular weight is 206 g/mol. The second-order valence-electron chi connectivity index (χ2n) is 2.52. The van der Waals surface area contributed by atoms with Crippen LogP contribution in [0.3, 0.4) is 0 Å². The lowest BCUT2D eigenvalue weighted by molar-refractivity contribution is -0.138. The van der Waals surface area contributed by atoms with E-state index in [0.717, 1.165) is 0 Å². The molecule has 1 atom stereocenters. The van der Waals surface area contributed by atoms with Crippen molar-refractivity contribution in [2.75, 3.05) is 11.6 Å². The summed E-state index contributed by atoms with van der Waals surface area (Å²) in [5, 5.41) is 11.0. The standard InChI is InChI=1S/C7H14N2O3S/c1-5(10)9-4-13-3-2-6(8)7(11)12/h6H,2-4,8H2,1H3,(H,9,10)(H,11,12). The molecule has 0 saturated heterocycles. The summed E-state index contributed by atoms with van der Waals surface area (Å²) < 4.78 is 0. The van der Waals surface area contributed by atoms with Gasteiger partial charge in [-0.25, -0.2) is 0 Å². The molecule has 4 N–H and O–H groups in total. The van der Waals surface area contributed by atoms with E-state index in [1.165, 1.54) is 18.7 Å². The lowest BCUT2D eigenvalue weighted by Crippen LogP contribution is -2.30. The highest BCUT2D eigenvalue weighted by molar-refractivity contribution is 7.99. The topological polar surface area (TPSA) is 92.4 Å². The second-order valence-corrected chi connectivity index (χ2v) is 3.62. The van der Waals surface area contributed by atoms with Gasteiger partial charge in [0.2, 0.25) is 5.91 Å². The Kier molecular flexibility index (Phi) is 6.34. The van der Waals surface area contributed by atoms with E-state index in [0.29, 0.717) is 18.1 Å². The Morgan fingerprint density at radius 3 is 2.69 bits per heavy atom. The Balaban J connectivity index is 3.26. The number of hydrogen-bond acceptors (Lipinski definition) is 4. The van der Waals surface area contributed by atoms with E-state index in [-0.39, 0.29) is 5.91 Å². The summed E-state index contributed by atoms with van der Waals surface area (Å²) >= 11 is 1.45. The quantitative estimate of drug-likeness (QED) is 0.407. The number of hydrogen-bond donors (Lipinski definition) is 3. The smallest absolute Gasteiger partial charge is 0.320 e. The molecule has 0 aliphatic rings. The molecule has 0 saturated carbocycles. The Hall–Kier alpha value is -0.750. The van der Waals surface area contributed by atoms with E-state index in [1.807, 2.05) is 0 Å². The van der Waals surface area contributed by atoms with Gasteiger partial charge in [-0.15, -0.1) is 11.8 Å². The van der Waals surface area contributed by atoms with Crippen LogP contribution in [0.4, 0.5) is 0 Å². The highest BCUT2D eigenvalue weighted by atomic mass is 32.2. The van der Waals surface area contributed by atoms with Gasteiger partial charge in [-0.2, -0.15) is 0 Å². The normalized spacial score (nSPS) is 12.2. The number of amides is 1. The molecule has 0 rings (SSSR count). The van der Waals surface area contributed by atoms with E-state index in [4.69, 9.17) is 10.8 Å². The maximum absolute atomic E-state index is 10.4. The molecule has 13 heavy (non-hydrogen) atoms. The zero-order valence-corrected chi connectivity index (χ0v) is 8.26. The second kappa shape index (κ2) is 6.73. The van der Waals surface area contributed by atoms with Crippen LogP contribution in [0.1, 0.15) is 13.3 Å². The van der Waals surface area contributed by atoms with Gasteiger partial charge >= 0.3 is 5.97 Å². The summed E-state index contributed by atoms with van der Waals surface area (Å²) in [4.78, 5) is 20.7. The number of nitrogens with two attached hydrogens (primary N) is 1. The Bertz CT molecular complexity index is 187. The van der Waals surface area contributed by atoms with Crippen LogP contribution in [0.5, 0.6) is 0 Å². The largest absolute Gasteiger partial charge is 0.480 e. The van der Waals surface area contributed by atoms with E-state index in [2.05, 4.69) is 5.32 Å². The first-order valence-electron chi connectivity index (χ1n) is 3.84. The maximum Gasteiger partial charge on any atom is 0.320 e. The number of carbonyl (C=O) groups excluding carboxylic acids is 1. The predicted molar refractivity (Wildman–Crippen MR) is 51.4 cm³/mol. The van der Waals surface area contributed by atoms with Crippen LogP contribution in [0.15, 0.2) is 0 Å². The number of thioether (sulfide) groups is 1. The molecule has 76 valence electrons. The number of rotatable bonds is 6. The molecule has 5 nitrogen and oxygen atoms in total. The number of carboxylic acid groups (broad SMARTS) is 1. The molecular weight excluding hydrogens is 192 g/mol. The van der Waals surface area contributed by atoms with Crippen LogP contribution in [-0.2, 0) is 9.59 Å². The fourth-order valence-electron chi connectivity index (χ4n) is 0.559. The number of nitrogens with one attached hydrogen (secondary N) is 1. The molecule has 0 heterocycles. The van der Waals surface area contributed by atoms with Crippen molar-refractivity contribution < 1.29 is 14.7 Å². The van der Waals surface area contributed by atoms with Crippen LogP contribution in [0.25, 0.3) is 0 Å². The van der Waals surface area contributed by atoms with Crippen LogP contribution in [0.2, 0.25) is 0 Å². The Labute approximate surface area is 81.1 Å². The predicted octanol–water partition coefficient (Wildman–Crippen LogP) is -0.385. The fraction of sp³-hybridized carbons (Fsp3) is 0.714. The molecule has 0 aromatic rings. The number of aliphatic carboxylic acids is 1. The van der Waals surface area contributed by atoms with Gasteiger partial charge in [0, 0.05) is 6.92 Å². The zero-order chi connectivity index (χ0) is 10.3. The maximum atomic E-state index is 10.4. The van der Waals surface area contributed by atoms with Crippen molar-refractivity contribution in [3.05, 3.63) is 0 Å². The molecule has 6 heteroatoms. The summed E-state index contributed by atoms with van der Waals surface area (Å²) in [7, 11) is 0. The van der Waals surface area contributed by atoms with Crippen molar-refractivity contribution in [3.63, 3.8) is 0 Å².